The Kier molecular flexibility index (Phi) is 8.71. The van der Waals surface area contributed by atoms with E-state index in [0.29, 0.717) is 24.6 Å². The van der Waals surface area contributed by atoms with Crippen molar-refractivity contribution in [1.29, 1.82) is 0 Å². The predicted molar refractivity (Wildman–Crippen MR) is 101 cm³/mol. The molecule has 0 aliphatic heterocycles. The fraction of sp³-hybridized carbons (Fsp3) is 0.235. The second-order valence-corrected chi connectivity index (χ2v) is 6.16. The molecule has 7 nitrogen and oxygen atoms in total. The minimum Gasteiger partial charge on any atom is -0.537 e. The molecule has 0 heterocycles. The van der Waals surface area contributed by atoms with Crippen LogP contribution in [0.5, 0.6) is 5.75 Å². The fourth-order valence-corrected chi connectivity index (χ4v) is 1.72. The van der Waals surface area contributed by atoms with Gasteiger partial charge in [-0.3, -0.25) is 5.32 Å². The third-order valence-corrected chi connectivity index (χ3v) is 2.79. The van der Waals surface area contributed by atoms with E-state index in [9.17, 15) is 4.79 Å². The van der Waals surface area contributed by atoms with E-state index >= 15 is 0 Å². The van der Waals surface area contributed by atoms with Crippen molar-refractivity contribution in [2.75, 3.05) is 5.32 Å². The Morgan fingerprint density at radius 2 is 1.62 bits per heavy atom. The van der Waals surface area contributed by atoms with Crippen LogP contribution in [0, 0.1) is 0 Å². The lowest BCUT2D eigenvalue weighted by atomic mass is 9.80. The predicted octanol–water partition coefficient (Wildman–Crippen LogP) is 1.31. The van der Waals surface area contributed by atoms with Gasteiger partial charge >= 0.3 is 20.9 Å². The number of nitrogens with one attached hydrogen (secondary N) is 1. The summed E-state index contributed by atoms with van der Waals surface area (Å²) in [5.74, 6) is 0.639. The molecule has 0 bridgehead atoms. The molecule has 2 rings (SSSR count). The minimum atomic E-state index is -1.51. The number of ether oxygens (including phenoxy) is 1. The van der Waals surface area contributed by atoms with E-state index in [1.165, 1.54) is 12.1 Å². The molecule has 9 heteroatoms. The highest BCUT2D eigenvalue weighted by atomic mass is 16.6. The molecule has 1 radical (unpaired) electrons. The van der Waals surface area contributed by atoms with Crippen LogP contribution in [0.3, 0.4) is 0 Å². The van der Waals surface area contributed by atoms with Crippen LogP contribution in [-0.4, -0.2) is 41.6 Å². The van der Waals surface area contributed by atoms with Crippen molar-refractivity contribution in [2.24, 2.45) is 0 Å². The maximum atomic E-state index is 11.4. The summed E-state index contributed by atoms with van der Waals surface area (Å²) < 4.78 is 9.71. The molecule has 2 aromatic carbocycles. The van der Waals surface area contributed by atoms with Crippen LogP contribution in [0.15, 0.2) is 54.6 Å². The second kappa shape index (κ2) is 10.5. The van der Waals surface area contributed by atoms with E-state index in [1.807, 2.05) is 18.2 Å². The highest BCUT2D eigenvalue weighted by Crippen LogP contribution is 2.10. The quantitative estimate of drug-likeness (QED) is 0.614. The molecule has 4 N–H and O–H groups in total. The average Bonchev–Trinajstić information content (AvgIpc) is 2.55. The first kappa shape index (κ1) is 21.6. The van der Waals surface area contributed by atoms with Gasteiger partial charge in [-0.2, -0.15) is 0 Å². The topological polar surface area (TPSA) is 108 Å². The van der Waals surface area contributed by atoms with Gasteiger partial charge in [0, 0.05) is 5.69 Å². The second-order valence-electron chi connectivity index (χ2n) is 6.16. The Balaban J connectivity index is 0.000000314. The van der Waals surface area contributed by atoms with Gasteiger partial charge in [0.05, 0.1) is 5.75 Å². The van der Waals surface area contributed by atoms with Crippen LogP contribution < -0.4 is 15.4 Å². The molecular weight excluding hydrogens is 336 g/mol. The molecule has 0 unspecified atom stereocenters. The lowest BCUT2D eigenvalue weighted by molar-refractivity contribution is 0.0636. The van der Waals surface area contributed by atoms with Crippen molar-refractivity contribution in [1.82, 2.24) is 0 Å². The van der Waals surface area contributed by atoms with Crippen LogP contribution in [-0.2, 0) is 4.74 Å². The van der Waals surface area contributed by atoms with Gasteiger partial charge in [-0.15, -0.1) is 0 Å². The van der Waals surface area contributed by atoms with E-state index in [4.69, 9.17) is 19.8 Å². The Morgan fingerprint density at radius 3 is 2.08 bits per heavy atom. The van der Waals surface area contributed by atoms with Crippen LogP contribution in [0.2, 0.25) is 0 Å². The number of amides is 1. The molecule has 0 saturated heterocycles. The van der Waals surface area contributed by atoms with Crippen LogP contribution >= 0.6 is 0 Å². The van der Waals surface area contributed by atoms with Gasteiger partial charge in [-0.25, -0.2) is 4.79 Å². The number of benzene rings is 2. The summed E-state index contributed by atoms with van der Waals surface area (Å²) in [6.45, 7) is 5.33. The lowest BCUT2D eigenvalue weighted by Gasteiger charge is -2.19. The summed E-state index contributed by atoms with van der Waals surface area (Å²) in [4.78, 5) is 11.4. The number of rotatable bonds is 4. The number of hydrogen-bond donors (Lipinski definition) is 4. The van der Waals surface area contributed by atoms with Gasteiger partial charge in [0.2, 0.25) is 0 Å². The zero-order valence-corrected chi connectivity index (χ0v) is 14.9. The van der Waals surface area contributed by atoms with Gasteiger partial charge in [-0.05, 0) is 50.5 Å². The third kappa shape index (κ3) is 9.12. The van der Waals surface area contributed by atoms with E-state index in [2.05, 4.69) is 9.97 Å². The zero-order valence-electron chi connectivity index (χ0n) is 14.9. The van der Waals surface area contributed by atoms with Crippen LogP contribution in [0.25, 0.3) is 0 Å². The smallest absolute Gasteiger partial charge is 0.537 e. The molecule has 0 saturated carbocycles. The first-order chi connectivity index (χ1) is 12.2. The Bertz CT molecular complexity index is 659. The van der Waals surface area contributed by atoms with Crippen molar-refractivity contribution >= 4 is 32.0 Å². The van der Waals surface area contributed by atoms with Gasteiger partial charge < -0.3 is 24.5 Å². The minimum absolute atomic E-state index is 0.361. The first-order valence-electron chi connectivity index (χ1n) is 7.85. The van der Waals surface area contributed by atoms with E-state index in [0.717, 1.165) is 0 Å². The third-order valence-electron chi connectivity index (χ3n) is 2.79. The van der Waals surface area contributed by atoms with E-state index < -0.39 is 18.8 Å². The molecule has 1 amide bonds. The summed E-state index contributed by atoms with van der Waals surface area (Å²) in [6.07, 6.45) is -0.546. The largest absolute Gasteiger partial charge is 0.569 e. The van der Waals surface area contributed by atoms with Crippen molar-refractivity contribution in [3.8, 4) is 5.75 Å². The number of carbonyl (C=O) groups excluding carboxylic acids is 1. The zero-order chi connectivity index (χ0) is 19.6. The number of hydrogen-bond acceptors (Lipinski definition) is 6. The van der Waals surface area contributed by atoms with Gasteiger partial charge in [0.25, 0.3) is 0 Å². The number of carbonyl (C=O) groups is 1. The van der Waals surface area contributed by atoms with Crippen molar-refractivity contribution < 1.29 is 29.3 Å². The SMILES string of the molecule is CC(C)(C)OC(=O)Nc1ccc(B(O)O)cc1.O[B]Oc1ccccc1. The van der Waals surface area contributed by atoms with Crippen molar-refractivity contribution in [2.45, 2.75) is 26.4 Å². The van der Waals surface area contributed by atoms with Gasteiger partial charge in [0.1, 0.15) is 5.60 Å². The Morgan fingerprint density at radius 1 is 1.04 bits per heavy atom. The summed E-state index contributed by atoms with van der Waals surface area (Å²) in [6, 6.07) is 15.2. The van der Waals surface area contributed by atoms with Gasteiger partial charge in [-0.1, -0.05) is 30.3 Å². The van der Waals surface area contributed by atoms with Crippen LogP contribution in [0.1, 0.15) is 20.8 Å². The molecule has 0 aliphatic carbocycles. The lowest BCUT2D eigenvalue weighted by Crippen LogP contribution is -2.30. The Labute approximate surface area is 154 Å². The van der Waals surface area contributed by atoms with Gasteiger partial charge in [0.15, 0.2) is 0 Å². The molecule has 0 aromatic heterocycles. The standard InChI is InChI=1S/C11H16BNO4.C6H6BO2/c1-11(2,3)17-10(14)13-9-6-4-8(5-7-9)12(15)16;8-7-9-6-4-2-1-3-5-6/h4-7,15-16H,1-3H3,(H,13,14);1-5,8H. The molecular formula is C17H22B2NO6. The molecule has 0 aliphatic rings. The average molecular weight is 358 g/mol. The maximum absolute atomic E-state index is 11.4. The monoisotopic (exact) mass is 358 g/mol. The van der Waals surface area contributed by atoms with E-state index in [-0.39, 0.29) is 0 Å². The van der Waals surface area contributed by atoms with Crippen molar-refractivity contribution in [3.63, 3.8) is 0 Å². The molecule has 26 heavy (non-hydrogen) atoms. The normalized spacial score (nSPS) is 10.1. The maximum Gasteiger partial charge on any atom is 0.569 e. The molecule has 2 aromatic rings. The van der Waals surface area contributed by atoms with E-state index in [1.54, 1.807) is 45.0 Å². The summed E-state index contributed by atoms with van der Waals surface area (Å²) in [7, 11) is -0.847. The number of anilines is 1. The number of para-hydroxylation sites is 1. The highest BCUT2D eigenvalue weighted by Gasteiger charge is 2.16. The molecule has 0 atom stereocenters. The molecule has 0 spiro atoms. The summed E-state index contributed by atoms with van der Waals surface area (Å²) >= 11 is 0. The Hall–Kier alpha value is -2.48. The first-order valence-corrected chi connectivity index (χ1v) is 7.85. The highest BCUT2D eigenvalue weighted by molar-refractivity contribution is 6.58. The molecule has 137 valence electrons. The van der Waals surface area contributed by atoms with Crippen molar-refractivity contribution in [3.05, 3.63) is 54.6 Å². The molecule has 0 fully saturated rings. The summed E-state index contributed by atoms with van der Waals surface area (Å²) in [5.41, 5.74) is 0.342. The van der Waals surface area contributed by atoms with Crippen LogP contribution in [0.4, 0.5) is 10.5 Å². The fourth-order valence-electron chi connectivity index (χ4n) is 1.72. The summed E-state index contributed by atoms with van der Waals surface area (Å²) in [5, 5.41) is 28.5.